The van der Waals surface area contributed by atoms with E-state index < -0.39 is 36.6 Å². The number of rotatable bonds is 7. The molecule has 1 rings (SSSR count). The topological polar surface area (TPSA) is 66.4 Å². The summed E-state index contributed by atoms with van der Waals surface area (Å²) in [6.45, 7) is 0. The van der Waals surface area contributed by atoms with E-state index >= 15 is 0 Å². The van der Waals surface area contributed by atoms with E-state index in [2.05, 4.69) is 0 Å². The average molecular weight is 289 g/mol. The molecule has 0 radical (unpaired) electrons. The van der Waals surface area contributed by atoms with Crippen LogP contribution in [0.1, 0.15) is 18.4 Å². The van der Waals surface area contributed by atoms with Gasteiger partial charge in [-0.05, 0) is 24.1 Å². The number of halogens is 3. The third-order valence-corrected chi connectivity index (χ3v) is 2.60. The molecule has 0 saturated heterocycles. The van der Waals surface area contributed by atoms with Gasteiger partial charge in [0.1, 0.15) is 11.9 Å². The summed E-state index contributed by atoms with van der Waals surface area (Å²) in [5.74, 6) is -2.54. The van der Waals surface area contributed by atoms with Crippen molar-refractivity contribution < 1.29 is 27.9 Å². The van der Waals surface area contributed by atoms with E-state index in [-0.39, 0.29) is 12.8 Å². The fraction of sp³-hybridized carbons (Fsp3) is 0.385. The Hall–Kier alpha value is -2.05. The highest BCUT2D eigenvalue weighted by atomic mass is 19.3. The summed E-state index contributed by atoms with van der Waals surface area (Å²) >= 11 is 0. The highest BCUT2D eigenvalue weighted by Crippen LogP contribution is 2.07. The molecule has 110 valence electrons. The molecule has 7 heteroatoms. The molecule has 4 nitrogen and oxygen atoms in total. The van der Waals surface area contributed by atoms with Crippen LogP contribution in [-0.4, -0.2) is 29.5 Å². The Bertz CT molecular complexity index is 462. The average Bonchev–Trinajstić information content (AvgIpc) is 2.36. The summed E-state index contributed by atoms with van der Waals surface area (Å²) in [5, 5.41) is 10.7. The minimum Gasteiger partial charge on any atom is -0.480 e. The Morgan fingerprint density at radius 1 is 1.20 bits per heavy atom. The molecule has 0 aliphatic carbocycles. The van der Waals surface area contributed by atoms with Gasteiger partial charge < -0.3 is 10.4 Å². The van der Waals surface area contributed by atoms with E-state index in [1.165, 1.54) is 24.3 Å². The molecule has 0 aliphatic heterocycles. The second-order valence-corrected chi connectivity index (χ2v) is 4.21. The summed E-state index contributed by atoms with van der Waals surface area (Å²) in [5.41, 5.74) is 0.697. The van der Waals surface area contributed by atoms with Gasteiger partial charge in [-0.2, -0.15) is 0 Å². The Labute approximate surface area is 113 Å². The predicted octanol–water partition coefficient (Wildman–Crippen LogP) is 1.98. The molecular weight excluding hydrogens is 275 g/mol. The van der Waals surface area contributed by atoms with Crippen molar-refractivity contribution in [1.29, 1.82) is 0 Å². The van der Waals surface area contributed by atoms with Crippen LogP contribution in [0.25, 0.3) is 0 Å². The van der Waals surface area contributed by atoms with Gasteiger partial charge in [0.05, 0.1) is 0 Å². The van der Waals surface area contributed by atoms with Crippen molar-refractivity contribution in [3.63, 3.8) is 0 Å². The molecule has 0 fully saturated rings. The normalized spacial score (nSPS) is 12.2. The lowest BCUT2D eigenvalue weighted by molar-refractivity contribution is -0.143. The zero-order chi connectivity index (χ0) is 15.1. The summed E-state index contributed by atoms with van der Waals surface area (Å²) in [6, 6.07) is 3.87. The van der Waals surface area contributed by atoms with Gasteiger partial charge in [-0.25, -0.2) is 18.0 Å². The zero-order valence-electron chi connectivity index (χ0n) is 10.5. The molecule has 0 aliphatic rings. The van der Waals surface area contributed by atoms with Crippen molar-refractivity contribution in [3.05, 3.63) is 35.6 Å². The first-order valence-electron chi connectivity index (χ1n) is 5.93. The number of aliphatic carboxylic acids is 1. The van der Waals surface area contributed by atoms with Crippen LogP contribution in [0.4, 0.5) is 13.2 Å². The predicted molar refractivity (Wildman–Crippen MR) is 64.9 cm³/mol. The summed E-state index contributed by atoms with van der Waals surface area (Å²) in [7, 11) is 0. The minimum absolute atomic E-state index is 0.0569. The van der Waals surface area contributed by atoms with E-state index in [1.807, 2.05) is 5.32 Å². The Balaban J connectivity index is 2.45. The van der Waals surface area contributed by atoms with E-state index in [1.54, 1.807) is 0 Å². The maximum absolute atomic E-state index is 12.7. The van der Waals surface area contributed by atoms with E-state index in [0.29, 0.717) is 5.56 Å². The van der Waals surface area contributed by atoms with Crippen LogP contribution < -0.4 is 5.32 Å². The number of carbonyl (C=O) groups excluding carboxylic acids is 1. The highest BCUT2D eigenvalue weighted by Gasteiger charge is 2.23. The third kappa shape index (κ3) is 5.73. The van der Waals surface area contributed by atoms with Gasteiger partial charge in [0.25, 0.3) is 0 Å². The van der Waals surface area contributed by atoms with Crippen LogP contribution in [0.15, 0.2) is 24.3 Å². The zero-order valence-corrected chi connectivity index (χ0v) is 10.5. The lowest BCUT2D eigenvalue weighted by Gasteiger charge is -2.13. The molecule has 0 aromatic heterocycles. The van der Waals surface area contributed by atoms with Crippen LogP contribution >= 0.6 is 0 Å². The number of aryl methyl sites for hydroxylation is 1. The third-order valence-electron chi connectivity index (χ3n) is 2.60. The van der Waals surface area contributed by atoms with Gasteiger partial charge in [-0.1, -0.05) is 12.1 Å². The van der Waals surface area contributed by atoms with Crippen molar-refractivity contribution in [2.45, 2.75) is 31.7 Å². The Morgan fingerprint density at radius 3 is 2.30 bits per heavy atom. The number of hydrogen-bond donors (Lipinski definition) is 2. The number of benzene rings is 1. The smallest absolute Gasteiger partial charge is 0.326 e. The number of nitrogens with one attached hydrogen (secondary N) is 1. The number of carboxylic acids is 1. The van der Waals surface area contributed by atoms with Gasteiger partial charge in [0.15, 0.2) is 0 Å². The van der Waals surface area contributed by atoms with Crippen LogP contribution in [0.2, 0.25) is 0 Å². The van der Waals surface area contributed by atoms with Crippen LogP contribution in [0, 0.1) is 5.82 Å². The number of amides is 1. The van der Waals surface area contributed by atoms with Crippen LogP contribution in [0.5, 0.6) is 0 Å². The maximum atomic E-state index is 12.7. The molecule has 20 heavy (non-hydrogen) atoms. The van der Waals surface area contributed by atoms with Gasteiger partial charge in [-0.3, -0.25) is 4.79 Å². The first-order chi connectivity index (χ1) is 9.38. The standard InChI is InChI=1S/C13H14F3NO3/c14-9-4-1-8(2-5-9)3-6-12(18)17-10(13(19)20)7-11(15)16/h1-2,4-5,10-11H,3,6-7H2,(H,17,18)(H,19,20). The number of hydrogen-bond acceptors (Lipinski definition) is 2. The van der Waals surface area contributed by atoms with Crippen molar-refractivity contribution in [2.75, 3.05) is 0 Å². The van der Waals surface area contributed by atoms with Crippen molar-refractivity contribution in [3.8, 4) is 0 Å². The molecule has 0 heterocycles. The molecule has 2 N–H and O–H groups in total. The lowest BCUT2D eigenvalue weighted by Crippen LogP contribution is -2.42. The molecule has 0 saturated carbocycles. The highest BCUT2D eigenvalue weighted by molar-refractivity contribution is 5.83. The molecule has 1 aromatic carbocycles. The van der Waals surface area contributed by atoms with Crippen molar-refractivity contribution in [2.24, 2.45) is 0 Å². The van der Waals surface area contributed by atoms with E-state index in [4.69, 9.17) is 5.11 Å². The van der Waals surface area contributed by atoms with E-state index in [9.17, 15) is 22.8 Å². The summed E-state index contributed by atoms with van der Waals surface area (Å²) in [4.78, 5) is 22.2. The molecule has 0 spiro atoms. The fourth-order valence-electron chi connectivity index (χ4n) is 1.58. The van der Waals surface area contributed by atoms with Crippen molar-refractivity contribution in [1.82, 2.24) is 5.32 Å². The van der Waals surface area contributed by atoms with Gasteiger partial charge >= 0.3 is 5.97 Å². The Morgan fingerprint density at radius 2 is 1.80 bits per heavy atom. The molecule has 1 unspecified atom stereocenters. The van der Waals surface area contributed by atoms with Crippen molar-refractivity contribution >= 4 is 11.9 Å². The SMILES string of the molecule is O=C(CCc1ccc(F)cc1)NC(CC(F)F)C(=O)O. The van der Waals surface area contributed by atoms with Crippen LogP contribution in [0.3, 0.4) is 0 Å². The van der Waals surface area contributed by atoms with Gasteiger partial charge in [0, 0.05) is 12.8 Å². The second-order valence-electron chi connectivity index (χ2n) is 4.21. The first-order valence-corrected chi connectivity index (χ1v) is 5.93. The number of carboxylic acid groups (broad SMARTS) is 1. The van der Waals surface area contributed by atoms with Crippen LogP contribution in [-0.2, 0) is 16.0 Å². The molecular formula is C13H14F3NO3. The molecule has 1 aromatic rings. The quantitative estimate of drug-likeness (QED) is 0.806. The monoisotopic (exact) mass is 289 g/mol. The molecule has 0 bridgehead atoms. The number of alkyl halides is 2. The largest absolute Gasteiger partial charge is 0.480 e. The maximum Gasteiger partial charge on any atom is 0.326 e. The summed E-state index contributed by atoms with van der Waals surface area (Å²) < 4.78 is 36.9. The molecule has 1 atom stereocenters. The number of carbonyl (C=O) groups is 2. The first kappa shape index (κ1) is 16.0. The molecule has 1 amide bonds. The second kappa shape index (κ2) is 7.52. The fourth-order valence-corrected chi connectivity index (χ4v) is 1.58. The van der Waals surface area contributed by atoms with Gasteiger partial charge in [-0.15, -0.1) is 0 Å². The van der Waals surface area contributed by atoms with Gasteiger partial charge in [0.2, 0.25) is 12.3 Å². The minimum atomic E-state index is -2.81. The lowest BCUT2D eigenvalue weighted by atomic mass is 10.1. The van der Waals surface area contributed by atoms with E-state index in [0.717, 1.165) is 0 Å². The summed E-state index contributed by atoms with van der Waals surface area (Å²) in [6.07, 6.45) is -3.53. The Kier molecular flexibility index (Phi) is 6.02.